The minimum Gasteiger partial charge on any atom is -0.355 e. The second kappa shape index (κ2) is 3.63. The molecule has 0 atom stereocenters. The molecule has 1 aromatic heterocycles. The van der Waals surface area contributed by atoms with E-state index in [4.69, 9.17) is 5.41 Å². The summed E-state index contributed by atoms with van der Waals surface area (Å²) in [6.07, 6.45) is 1.10. The largest absolute Gasteiger partial charge is 0.355 e. The van der Waals surface area contributed by atoms with Gasteiger partial charge >= 0.3 is 0 Å². The molecular formula is C12H18N2S. The van der Waals surface area contributed by atoms with Gasteiger partial charge in [-0.2, -0.15) is 0 Å². The summed E-state index contributed by atoms with van der Waals surface area (Å²) in [7, 11) is 0. The third kappa shape index (κ3) is 2.07. The predicted molar refractivity (Wildman–Crippen MR) is 65.6 cm³/mol. The summed E-state index contributed by atoms with van der Waals surface area (Å²) in [4.78, 5) is 3.71. The Morgan fingerprint density at radius 3 is 2.87 bits per heavy atom. The molecule has 0 unspecified atom stereocenters. The number of fused-ring (bicyclic) bond motifs is 1. The summed E-state index contributed by atoms with van der Waals surface area (Å²) >= 11 is 1.85. The van der Waals surface area contributed by atoms with Crippen LogP contribution in [-0.2, 0) is 13.0 Å². The fourth-order valence-electron chi connectivity index (χ4n) is 1.91. The van der Waals surface area contributed by atoms with Gasteiger partial charge in [0.1, 0.15) is 5.84 Å². The number of hydrogen-bond acceptors (Lipinski definition) is 2. The van der Waals surface area contributed by atoms with Gasteiger partial charge in [-0.1, -0.05) is 20.8 Å². The fourth-order valence-corrected chi connectivity index (χ4v) is 2.80. The molecule has 1 aliphatic rings. The van der Waals surface area contributed by atoms with E-state index >= 15 is 0 Å². The Kier molecular flexibility index (Phi) is 2.59. The Morgan fingerprint density at radius 2 is 2.20 bits per heavy atom. The van der Waals surface area contributed by atoms with Crippen LogP contribution >= 0.6 is 11.3 Å². The zero-order valence-corrected chi connectivity index (χ0v) is 10.4. The number of nitrogens with one attached hydrogen (secondary N) is 1. The quantitative estimate of drug-likeness (QED) is 0.530. The molecule has 2 nitrogen and oxygen atoms in total. The van der Waals surface area contributed by atoms with Gasteiger partial charge in [0.2, 0.25) is 0 Å². The summed E-state index contributed by atoms with van der Waals surface area (Å²) in [5, 5.41) is 10.3. The van der Waals surface area contributed by atoms with E-state index in [2.05, 4.69) is 37.1 Å². The molecule has 0 aliphatic carbocycles. The van der Waals surface area contributed by atoms with Crippen molar-refractivity contribution in [2.45, 2.75) is 33.7 Å². The third-order valence-electron chi connectivity index (χ3n) is 2.83. The van der Waals surface area contributed by atoms with Crippen LogP contribution in [0.4, 0.5) is 0 Å². The lowest BCUT2D eigenvalue weighted by molar-refractivity contribution is 0.348. The smallest absolute Gasteiger partial charge is 0.102 e. The van der Waals surface area contributed by atoms with Crippen molar-refractivity contribution in [2.75, 3.05) is 6.54 Å². The molecule has 0 spiro atoms. The first kappa shape index (κ1) is 10.7. The molecule has 1 aliphatic heterocycles. The van der Waals surface area contributed by atoms with Gasteiger partial charge in [-0.25, -0.2) is 0 Å². The van der Waals surface area contributed by atoms with Gasteiger partial charge in [0, 0.05) is 23.4 Å². The van der Waals surface area contributed by atoms with Gasteiger partial charge in [0.05, 0.1) is 0 Å². The molecule has 0 fully saturated rings. The minimum atomic E-state index is -0.0342. The summed E-state index contributed by atoms with van der Waals surface area (Å²) in [5.74, 6) is 0.763. The number of hydrogen-bond donors (Lipinski definition) is 1. The summed E-state index contributed by atoms with van der Waals surface area (Å²) < 4.78 is 0. The molecule has 0 saturated carbocycles. The Hall–Kier alpha value is -0.830. The van der Waals surface area contributed by atoms with Gasteiger partial charge < -0.3 is 4.90 Å². The van der Waals surface area contributed by atoms with Gasteiger partial charge in [-0.3, -0.25) is 5.41 Å². The van der Waals surface area contributed by atoms with Gasteiger partial charge in [-0.05, 0) is 23.4 Å². The monoisotopic (exact) mass is 222 g/mol. The van der Waals surface area contributed by atoms with Crippen LogP contribution in [-0.4, -0.2) is 17.3 Å². The molecule has 0 bridgehead atoms. The SMILES string of the molecule is CC(C)(C)C(=N)N1CCc2sccc2C1. The van der Waals surface area contributed by atoms with E-state index in [-0.39, 0.29) is 5.41 Å². The van der Waals surface area contributed by atoms with Crippen molar-refractivity contribution < 1.29 is 0 Å². The summed E-state index contributed by atoms with van der Waals surface area (Å²) in [6, 6.07) is 2.20. The Balaban J connectivity index is 2.14. The van der Waals surface area contributed by atoms with Crippen LogP contribution in [0.1, 0.15) is 31.2 Å². The van der Waals surface area contributed by atoms with Crippen molar-refractivity contribution in [1.82, 2.24) is 4.90 Å². The number of rotatable bonds is 0. The van der Waals surface area contributed by atoms with Crippen LogP contribution in [0.3, 0.4) is 0 Å². The molecule has 0 radical (unpaired) electrons. The number of amidine groups is 1. The molecule has 0 amide bonds. The van der Waals surface area contributed by atoms with E-state index in [0.29, 0.717) is 0 Å². The first-order valence-electron chi connectivity index (χ1n) is 5.38. The van der Waals surface area contributed by atoms with E-state index in [1.54, 1.807) is 0 Å². The summed E-state index contributed by atoms with van der Waals surface area (Å²) in [6.45, 7) is 8.26. The Bertz CT molecular complexity index is 373. The molecule has 1 aromatic rings. The van der Waals surface area contributed by atoms with Crippen LogP contribution < -0.4 is 0 Å². The van der Waals surface area contributed by atoms with E-state index in [9.17, 15) is 0 Å². The van der Waals surface area contributed by atoms with Crippen molar-refractivity contribution in [1.29, 1.82) is 5.41 Å². The third-order valence-corrected chi connectivity index (χ3v) is 3.86. The van der Waals surface area contributed by atoms with Crippen molar-refractivity contribution >= 4 is 17.2 Å². The maximum absolute atomic E-state index is 8.16. The lowest BCUT2D eigenvalue weighted by atomic mass is 9.93. The van der Waals surface area contributed by atoms with Crippen LogP contribution in [0.5, 0.6) is 0 Å². The second-order valence-electron chi connectivity index (χ2n) is 5.14. The maximum Gasteiger partial charge on any atom is 0.102 e. The Labute approximate surface area is 95.4 Å². The van der Waals surface area contributed by atoms with Crippen LogP contribution in [0, 0.1) is 10.8 Å². The number of nitrogens with zero attached hydrogens (tertiary/aromatic N) is 1. The zero-order valence-electron chi connectivity index (χ0n) is 9.63. The van der Waals surface area contributed by atoms with Crippen LogP contribution in [0.2, 0.25) is 0 Å². The molecule has 3 heteroatoms. The highest BCUT2D eigenvalue weighted by Gasteiger charge is 2.26. The van der Waals surface area contributed by atoms with Crippen LogP contribution in [0.25, 0.3) is 0 Å². The van der Waals surface area contributed by atoms with E-state index in [1.165, 1.54) is 10.4 Å². The molecule has 82 valence electrons. The normalized spacial score (nSPS) is 16.3. The predicted octanol–water partition coefficient (Wildman–Crippen LogP) is 3.13. The topological polar surface area (TPSA) is 27.1 Å². The molecule has 15 heavy (non-hydrogen) atoms. The van der Waals surface area contributed by atoms with Gasteiger partial charge in [0.15, 0.2) is 0 Å². The first-order valence-corrected chi connectivity index (χ1v) is 6.25. The molecule has 0 aromatic carbocycles. The molecular weight excluding hydrogens is 204 g/mol. The summed E-state index contributed by atoms with van der Waals surface area (Å²) in [5.41, 5.74) is 1.38. The van der Waals surface area contributed by atoms with Crippen molar-refractivity contribution in [3.63, 3.8) is 0 Å². The minimum absolute atomic E-state index is 0.0342. The van der Waals surface area contributed by atoms with Crippen molar-refractivity contribution in [3.8, 4) is 0 Å². The Morgan fingerprint density at radius 1 is 1.47 bits per heavy atom. The highest BCUT2D eigenvalue weighted by atomic mass is 32.1. The molecule has 0 saturated heterocycles. The highest BCUT2D eigenvalue weighted by molar-refractivity contribution is 7.10. The van der Waals surface area contributed by atoms with Crippen LogP contribution in [0.15, 0.2) is 11.4 Å². The fraction of sp³-hybridized carbons (Fsp3) is 0.583. The first-order chi connectivity index (χ1) is 6.98. The standard InChI is InChI=1S/C12H18N2S/c1-12(2,3)11(13)14-6-4-10-9(8-14)5-7-15-10/h5,7,13H,4,6,8H2,1-3H3. The van der Waals surface area contributed by atoms with E-state index in [0.717, 1.165) is 25.3 Å². The van der Waals surface area contributed by atoms with Crippen molar-refractivity contribution in [2.24, 2.45) is 5.41 Å². The second-order valence-corrected chi connectivity index (χ2v) is 6.14. The highest BCUT2D eigenvalue weighted by Crippen LogP contribution is 2.27. The van der Waals surface area contributed by atoms with Gasteiger partial charge in [-0.15, -0.1) is 11.3 Å². The van der Waals surface area contributed by atoms with E-state index in [1.807, 2.05) is 11.3 Å². The maximum atomic E-state index is 8.16. The zero-order chi connectivity index (χ0) is 11.1. The number of thiophene rings is 1. The molecule has 2 rings (SSSR count). The average Bonchev–Trinajstić information content (AvgIpc) is 2.61. The molecule has 1 N–H and O–H groups in total. The molecule has 2 heterocycles. The van der Waals surface area contributed by atoms with Gasteiger partial charge in [0.25, 0.3) is 0 Å². The average molecular weight is 222 g/mol. The van der Waals surface area contributed by atoms with Crippen molar-refractivity contribution in [3.05, 3.63) is 21.9 Å². The lowest BCUT2D eigenvalue weighted by Gasteiger charge is -2.35. The lowest BCUT2D eigenvalue weighted by Crippen LogP contribution is -2.41. The van der Waals surface area contributed by atoms with E-state index < -0.39 is 0 Å².